The number of amides is 1. The number of sulfone groups is 1. The van der Waals surface area contributed by atoms with Crippen LogP contribution in [0, 0.1) is 0 Å². The van der Waals surface area contributed by atoms with Gasteiger partial charge in [0, 0.05) is 13.3 Å². The molecule has 6 nitrogen and oxygen atoms in total. The molecule has 0 aliphatic carbocycles. The number of carbonyl (C=O) groups excluding carboxylic acids is 2. The van der Waals surface area contributed by atoms with Crippen LogP contribution in [0.4, 0.5) is 4.79 Å². The van der Waals surface area contributed by atoms with Crippen LogP contribution in [-0.4, -0.2) is 44.6 Å². The Morgan fingerprint density at radius 1 is 1.22 bits per heavy atom. The summed E-state index contributed by atoms with van der Waals surface area (Å²) in [5.41, 5.74) is -1.66. The molecular weight excluding hydrogens is 318 g/mol. The second-order valence-electron chi connectivity index (χ2n) is 6.60. The van der Waals surface area contributed by atoms with Crippen molar-refractivity contribution in [3.8, 4) is 0 Å². The molecule has 0 aliphatic rings. The van der Waals surface area contributed by atoms with Gasteiger partial charge in [-0.3, -0.25) is 4.90 Å². The van der Waals surface area contributed by atoms with Crippen molar-refractivity contribution in [3.05, 3.63) is 29.8 Å². The van der Waals surface area contributed by atoms with Crippen LogP contribution < -0.4 is 0 Å². The van der Waals surface area contributed by atoms with Gasteiger partial charge in [-0.05, 0) is 45.4 Å². The van der Waals surface area contributed by atoms with E-state index >= 15 is 0 Å². The molecule has 1 aromatic carbocycles. The van der Waals surface area contributed by atoms with Gasteiger partial charge < -0.3 is 9.53 Å². The maximum Gasteiger partial charge on any atom is 0.411 e. The van der Waals surface area contributed by atoms with E-state index in [9.17, 15) is 18.0 Å². The van der Waals surface area contributed by atoms with Gasteiger partial charge in [-0.25, -0.2) is 13.2 Å². The van der Waals surface area contributed by atoms with Crippen LogP contribution in [0.1, 0.15) is 33.3 Å². The van der Waals surface area contributed by atoms with E-state index in [1.165, 1.54) is 32.2 Å². The van der Waals surface area contributed by atoms with Crippen molar-refractivity contribution >= 4 is 22.2 Å². The summed E-state index contributed by atoms with van der Waals surface area (Å²) in [5, 5.41) is 0. The van der Waals surface area contributed by atoms with Crippen LogP contribution >= 0.6 is 0 Å². The monoisotopic (exact) mass is 341 g/mol. The smallest absolute Gasteiger partial charge is 0.411 e. The Balaban J connectivity index is 3.29. The zero-order chi connectivity index (χ0) is 18.1. The molecular formula is C16H23NO5S. The van der Waals surface area contributed by atoms with E-state index in [0.29, 0.717) is 11.8 Å². The number of hydrogen-bond donors (Lipinski definition) is 0. The van der Waals surface area contributed by atoms with Gasteiger partial charge in [0.25, 0.3) is 0 Å². The number of benzene rings is 1. The molecule has 128 valence electrons. The fraction of sp³-hybridized carbons (Fsp3) is 0.500. The molecule has 0 spiro atoms. The molecule has 1 aromatic rings. The first-order valence-electron chi connectivity index (χ1n) is 7.05. The lowest BCUT2D eigenvalue weighted by atomic mass is 9.92. The van der Waals surface area contributed by atoms with Crippen LogP contribution in [0.15, 0.2) is 29.2 Å². The number of ether oxygens (including phenoxy) is 1. The largest absolute Gasteiger partial charge is 0.444 e. The zero-order valence-corrected chi connectivity index (χ0v) is 15.1. The predicted octanol–water partition coefficient (Wildman–Crippen LogP) is 2.37. The summed E-state index contributed by atoms with van der Waals surface area (Å²) in [6.07, 6.45) is 1.01. The van der Waals surface area contributed by atoms with E-state index < -0.39 is 27.1 Å². The second kappa shape index (κ2) is 6.31. The predicted molar refractivity (Wildman–Crippen MR) is 87.0 cm³/mol. The molecule has 0 saturated heterocycles. The summed E-state index contributed by atoms with van der Waals surface area (Å²) in [4.78, 5) is 25.2. The van der Waals surface area contributed by atoms with Crippen LogP contribution in [0.25, 0.3) is 0 Å². The summed E-state index contributed by atoms with van der Waals surface area (Å²) in [6, 6.07) is 5.97. The first-order valence-corrected chi connectivity index (χ1v) is 8.94. The Morgan fingerprint density at radius 2 is 1.78 bits per heavy atom. The summed E-state index contributed by atoms with van der Waals surface area (Å²) in [7, 11) is -1.98. The first-order chi connectivity index (χ1) is 10.3. The lowest BCUT2D eigenvalue weighted by molar-refractivity contribution is -0.117. The molecule has 0 bridgehead atoms. The van der Waals surface area contributed by atoms with Crippen LogP contribution in [0.3, 0.4) is 0 Å². The minimum atomic E-state index is -3.42. The standard InChI is InChI=1S/C16H23NO5S/c1-15(2,3)22-14(19)17(5)16(4,11-18)12-8-7-9-13(10-12)23(6,20)21/h7-11H,1-6H3. The van der Waals surface area contributed by atoms with Gasteiger partial charge in [0.15, 0.2) is 9.84 Å². The Labute approximate surface area is 137 Å². The number of aldehydes is 1. The second-order valence-corrected chi connectivity index (χ2v) is 8.62. The molecule has 1 atom stereocenters. The highest BCUT2D eigenvalue weighted by atomic mass is 32.2. The fourth-order valence-electron chi connectivity index (χ4n) is 1.90. The summed E-state index contributed by atoms with van der Waals surface area (Å²) >= 11 is 0. The summed E-state index contributed by atoms with van der Waals surface area (Å²) < 4.78 is 28.7. The molecule has 1 amide bonds. The Hall–Kier alpha value is -1.89. The Morgan fingerprint density at radius 3 is 2.22 bits per heavy atom. The van der Waals surface area contributed by atoms with Crippen molar-refractivity contribution in [1.82, 2.24) is 4.90 Å². The maximum atomic E-state index is 12.2. The van der Waals surface area contributed by atoms with Crippen molar-refractivity contribution in [1.29, 1.82) is 0 Å². The summed E-state index contributed by atoms with van der Waals surface area (Å²) in [5.74, 6) is 0. The Kier molecular flexibility index (Phi) is 5.26. The van der Waals surface area contributed by atoms with Gasteiger partial charge in [-0.1, -0.05) is 12.1 Å². The third-order valence-electron chi connectivity index (χ3n) is 3.44. The zero-order valence-electron chi connectivity index (χ0n) is 14.3. The minimum Gasteiger partial charge on any atom is -0.444 e. The summed E-state index contributed by atoms with van der Waals surface area (Å²) in [6.45, 7) is 6.70. The molecule has 7 heteroatoms. The molecule has 0 aromatic heterocycles. The van der Waals surface area contributed by atoms with E-state index in [1.807, 2.05) is 0 Å². The average molecular weight is 341 g/mol. The van der Waals surface area contributed by atoms with Gasteiger partial charge in [0.05, 0.1) is 4.90 Å². The molecule has 0 radical (unpaired) electrons. The van der Waals surface area contributed by atoms with Crippen molar-refractivity contribution < 1.29 is 22.7 Å². The van der Waals surface area contributed by atoms with Gasteiger partial charge >= 0.3 is 6.09 Å². The highest BCUT2D eigenvalue weighted by Gasteiger charge is 2.37. The van der Waals surface area contributed by atoms with Gasteiger partial charge in [0.2, 0.25) is 0 Å². The number of nitrogens with zero attached hydrogens (tertiary/aromatic N) is 1. The van der Waals surface area contributed by atoms with Crippen LogP contribution in [-0.2, 0) is 24.9 Å². The van der Waals surface area contributed by atoms with Crippen molar-refractivity contribution in [2.75, 3.05) is 13.3 Å². The molecule has 0 fully saturated rings. The first kappa shape index (κ1) is 19.2. The van der Waals surface area contributed by atoms with E-state index in [-0.39, 0.29) is 4.90 Å². The number of rotatable bonds is 4. The highest BCUT2D eigenvalue weighted by molar-refractivity contribution is 7.90. The fourth-order valence-corrected chi connectivity index (χ4v) is 2.57. The molecule has 0 saturated carbocycles. The molecule has 1 rings (SSSR count). The maximum absolute atomic E-state index is 12.2. The highest BCUT2D eigenvalue weighted by Crippen LogP contribution is 2.28. The lowest BCUT2D eigenvalue weighted by Gasteiger charge is -2.35. The third kappa shape index (κ3) is 4.54. The van der Waals surface area contributed by atoms with Crippen LogP contribution in [0.2, 0.25) is 0 Å². The molecule has 0 aliphatic heterocycles. The molecule has 1 unspecified atom stereocenters. The van der Waals surface area contributed by atoms with Gasteiger partial charge in [-0.2, -0.15) is 0 Å². The van der Waals surface area contributed by atoms with Crippen LogP contribution in [0.5, 0.6) is 0 Å². The third-order valence-corrected chi connectivity index (χ3v) is 4.55. The number of hydrogen-bond acceptors (Lipinski definition) is 5. The average Bonchev–Trinajstić information content (AvgIpc) is 2.43. The van der Waals surface area contributed by atoms with Gasteiger partial charge in [-0.15, -0.1) is 0 Å². The topological polar surface area (TPSA) is 80.8 Å². The Bertz CT molecular complexity index is 705. The number of carbonyl (C=O) groups is 2. The van der Waals surface area contributed by atoms with Gasteiger partial charge in [0.1, 0.15) is 17.4 Å². The molecule has 0 N–H and O–H groups in total. The normalized spacial score (nSPS) is 14.7. The molecule has 23 heavy (non-hydrogen) atoms. The van der Waals surface area contributed by atoms with Crippen molar-refractivity contribution in [3.63, 3.8) is 0 Å². The van der Waals surface area contributed by atoms with Crippen molar-refractivity contribution in [2.45, 2.75) is 43.7 Å². The van der Waals surface area contributed by atoms with E-state index in [0.717, 1.165) is 11.2 Å². The van der Waals surface area contributed by atoms with E-state index in [1.54, 1.807) is 26.8 Å². The molecule has 0 heterocycles. The quantitative estimate of drug-likeness (QED) is 0.785. The minimum absolute atomic E-state index is 0.0839. The van der Waals surface area contributed by atoms with Crippen molar-refractivity contribution in [2.24, 2.45) is 0 Å². The van der Waals surface area contributed by atoms with E-state index in [4.69, 9.17) is 4.74 Å². The lowest BCUT2D eigenvalue weighted by Crippen LogP contribution is -2.48. The van der Waals surface area contributed by atoms with E-state index in [2.05, 4.69) is 0 Å². The number of likely N-dealkylation sites (N-methyl/N-ethyl adjacent to an activating group) is 1. The SMILES string of the molecule is CN(C(=O)OC(C)(C)C)C(C)(C=O)c1cccc(S(C)(=O)=O)c1.